The van der Waals surface area contributed by atoms with Crippen molar-refractivity contribution >= 4 is 22.9 Å². The third-order valence-electron chi connectivity index (χ3n) is 2.21. The van der Waals surface area contributed by atoms with E-state index in [-0.39, 0.29) is 0 Å². The van der Waals surface area contributed by atoms with Crippen LogP contribution in [0.3, 0.4) is 0 Å². The molecule has 1 N–H and O–H groups in total. The first-order valence-corrected chi connectivity index (χ1v) is 5.97. The van der Waals surface area contributed by atoms with Crippen LogP contribution in [-0.2, 0) is 6.42 Å². The summed E-state index contributed by atoms with van der Waals surface area (Å²) in [6.45, 7) is 0. The maximum Gasteiger partial charge on any atom is 0.0922 e. The summed E-state index contributed by atoms with van der Waals surface area (Å²) in [5, 5.41) is 12.6. The highest BCUT2D eigenvalue weighted by atomic mass is 35.5. The molecule has 0 amide bonds. The van der Waals surface area contributed by atoms with E-state index in [4.69, 9.17) is 11.6 Å². The summed E-state index contributed by atoms with van der Waals surface area (Å²) in [5.41, 5.74) is 1.10. The van der Waals surface area contributed by atoms with Crippen LogP contribution in [0.1, 0.15) is 16.5 Å². The predicted molar refractivity (Wildman–Crippen MR) is 64.4 cm³/mol. The summed E-state index contributed by atoms with van der Waals surface area (Å²) >= 11 is 7.36. The SMILES string of the molecule is OC(Cc1ccc(Cl)cc1)c1cccs1. The number of rotatable bonds is 3. The van der Waals surface area contributed by atoms with Crippen LogP contribution in [0, 0.1) is 0 Å². The van der Waals surface area contributed by atoms with Crippen molar-refractivity contribution in [2.45, 2.75) is 12.5 Å². The first-order valence-electron chi connectivity index (χ1n) is 4.71. The van der Waals surface area contributed by atoms with Crippen molar-refractivity contribution in [3.05, 3.63) is 57.2 Å². The van der Waals surface area contributed by atoms with Crippen molar-refractivity contribution in [2.24, 2.45) is 0 Å². The van der Waals surface area contributed by atoms with Crippen LogP contribution in [0.2, 0.25) is 5.02 Å². The molecule has 1 aromatic heterocycles. The number of hydrogen-bond donors (Lipinski definition) is 1. The molecule has 1 nitrogen and oxygen atoms in total. The van der Waals surface area contributed by atoms with Gasteiger partial charge in [-0.2, -0.15) is 0 Å². The standard InChI is InChI=1S/C12H11ClOS/c13-10-5-3-9(4-6-10)8-11(14)12-2-1-7-15-12/h1-7,11,14H,8H2. The van der Waals surface area contributed by atoms with Crippen molar-refractivity contribution in [3.63, 3.8) is 0 Å². The van der Waals surface area contributed by atoms with Crippen LogP contribution >= 0.6 is 22.9 Å². The predicted octanol–water partition coefficient (Wildman–Crippen LogP) is 3.68. The van der Waals surface area contributed by atoms with E-state index < -0.39 is 6.10 Å². The lowest BCUT2D eigenvalue weighted by atomic mass is 10.1. The van der Waals surface area contributed by atoms with Gasteiger partial charge < -0.3 is 5.11 Å². The van der Waals surface area contributed by atoms with E-state index >= 15 is 0 Å². The van der Waals surface area contributed by atoms with E-state index in [1.54, 1.807) is 11.3 Å². The quantitative estimate of drug-likeness (QED) is 0.865. The highest BCUT2D eigenvalue weighted by Gasteiger charge is 2.08. The van der Waals surface area contributed by atoms with Gasteiger partial charge in [0.15, 0.2) is 0 Å². The van der Waals surface area contributed by atoms with Crippen molar-refractivity contribution in [1.82, 2.24) is 0 Å². The van der Waals surface area contributed by atoms with E-state index in [0.717, 1.165) is 15.5 Å². The molecule has 0 saturated heterocycles. The van der Waals surface area contributed by atoms with Gasteiger partial charge in [0.1, 0.15) is 0 Å². The average Bonchev–Trinajstić information content (AvgIpc) is 2.74. The van der Waals surface area contributed by atoms with Gasteiger partial charge in [0.25, 0.3) is 0 Å². The summed E-state index contributed by atoms with van der Waals surface area (Å²) in [4.78, 5) is 1.00. The van der Waals surface area contributed by atoms with Gasteiger partial charge in [0.2, 0.25) is 0 Å². The highest BCUT2D eigenvalue weighted by Crippen LogP contribution is 2.23. The molecule has 0 bridgehead atoms. The monoisotopic (exact) mass is 238 g/mol. The molecule has 2 rings (SSSR count). The number of aliphatic hydroxyl groups is 1. The van der Waals surface area contributed by atoms with Gasteiger partial charge in [-0.05, 0) is 29.1 Å². The highest BCUT2D eigenvalue weighted by molar-refractivity contribution is 7.10. The molecule has 0 radical (unpaired) electrons. The van der Waals surface area contributed by atoms with Crippen molar-refractivity contribution in [1.29, 1.82) is 0 Å². The zero-order valence-electron chi connectivity index (χ0n) is 8.06. The molecule has 0 spiro atoms. The van der Waals surface area contributed by atoms with Crippen molar-refractivity contribution in [3.8, 4) is 0 Å². The minimum atomic E-state index is -0.411. The van der Waals surface area contributed by atoms with E-state index in [9.17, 15) is 5.11 Å². The van der Waals surface area contributed by atoms with E-state index in [2.05, 4.69) is 0 Å². The molecule has 78 valence electrons. The van der Waals surface area contributed by atoms with Crippen LogP contribution in [0.4, 0.5) is 0 Å². The zero-order chi connectivity index (χ0) is 10.7. The van der Waals surface area contributed by atoms with Crippen molar-refractivity contribution < 1.29 is 5.11 Å². The smallest absolute Gasteiger partial charge is 0.0922 e. The minimum absolute atomic E-state index is 0.411. The lowest BCUT2D eigenvalue weighted by Gasteiger charge is -2.08. The fourth-order valence-electron chi connectivity index (χ4n) is 1.43. The molecule has 0 fully saturated rings. The summed E-state index contributed by atoms with van der Waals surface area (Å²) in [6, 6.07) is 11.5. The lowest BCUT2D eigenvalue weighted by molar-refractivity contribution is 0.182. The van der Waals surface area contributed by atoms with Gasteiger partial charge in [-0.15, -0.1) is 11.3 Å². The summed E-state index contributed by atoms with van der Waals surface area (Å²) in [5.74, 6) is 0. The first kappa shape index (κ1) is 10.7. The Bertz CT molecular complexity index is 408. The number of aliphatic hydroxyl groups excluding tert-OH is 1. The molecule has 1 atom stereocenters. The number of benzene rings is 1. The Kier molecular flexibility index (Phi) is 3.41. The van der Waals surface area contributed by atoms with Crippen LogP contribution in [0.5, 0.6) is 0 Å². The van der Waals surface area contributed by atoms with Gasteiger partial charge in [-0.3, -0.25) is 0 Å². The Hall–Kier alpha value is -0.830. The van der Waals surface area contributed by atoms with E-state index in [0.29, 0.717) is 6.42 Å². The van der Waals surface area contributed by atoms with Crippen LogP contribution < -0.4 is 0 Å². The summed E-state index contributed by atoms with van der Waals surface area (Å²) < 4.78 is 0. The second-order valence-electron chi connectivity index (χ2n) is 3.36. The number of halogens is 1. The Morgan fingerprint density at radius 2 is 1.93 bits per heavy atom. The Morgan fingerprint density at radius 3 is 2.53 bits per heavy atom. The fourth-order valence-corrected chi connectivity index (χ4v) is 2.26. The van der Waals surface area contributed by atoms with Gasteiger partial charge in [0.05, 0.1) is 6.10 Å². The maximum atomic E-state index is 9.91. The fraction of sp³-hybridized carbons (Fsp3) is 0.167. The van der Waals surface area contributed by atoms with Gasteiger partial charge in [0, 0.05) is 16.3 Å². The Balaban J connectivity index is 2.06. The molecule has 1 heterocycles. The average molecular weight is 239 g/mol. The number of thiophene rings is 1. The first-order chi connectivity index (χ1) is 7.25. The molecule has 0 aliphatic rings. The molecule has 3 heteroatoms. The van der Waals surface area contributed by atoms with Crippen LogP contribution in [0.25, 0.3) is 0 Å². The van der Waals surface area contributed by atoms with Gasteiger partial charge in [-0.1, -0.05) is 29.8 Å². The molecule has 1 aromatic carbocycles. The van der Waals surface area contributed by atoms with Crippen LogP contribution in [-0.4, -0.2) is 5.11 Å². The second-order valence-corrected chi connectivity index (χ2v) is 4.78. The summed E-state index contributed by atoms with van der Waals surface area (Å²) in [7, 11) is 0. The normalized spacial score (nSPS) is 12.7. The number of hydrogen-bond acceptors (Lipinski definition) is 2. The minimum Gasteiger partial charge on any atom is -0.387 e. The molecule has 1 unspecified atom stereocenters. The largest absolute Gasteiger partial charge is 0.387 e. The second kappa shape index (κ2) is 4.79. The lowest BCUT2D eigenvalue weighted by Crippen LogP contribution is -1.98. The third-order valence-corrected chi connectivity index (χ3v) is 3.44. The molecular formula is C12H11ClOS. The molecule has 0 aliphatic carbocycles. The van der Waals surface area contributed by atoms with E-state index in [1.807, 2.05) is 41.8 Å². The molecule has 15 heavy (non-hydrogen) atoms. The van der Waals surface area contributed by atoms with Gasteiger partial charge >= 0.3 is 0 Å². The molecule has 2 aromatic rings. The topological polar surface area (TPSA) is 20.2 Å². The Labute approximate surface area is 98.0 Å². The van der Waals surface area contributed by atoms with Crippen molar-refractivity contribution in [2.75, 3.05) is 0 Å². The summed E-state index contributed by atoms with van der Waals surface area (Å²) in [6.07, 6.45) is 0.226. The van der Waals surface area contributed by atoms with Crippen LogP contribution in [0.15, 0.2) is 41.8 Å². The third kappa shape index (κ3) is 2.81. The maximum absolute atomic E-state index is 9.91. The Morgan fingerprint density at radius 1 is 1.20 bits per heavy atom. The molecule has 0 aliphatic heterocycles. The molecular weight excluding hydrogens is 228 g/mol. The van der Waals surface area contributed by atoms with E-state index in [1.165, 1.54) is 0 Å². The molecule has 0 saturated carbocycles. The van der Waals surface area contributed by atoms with Gasteiger partial charge in [-0.25, -0.2) is 0 Å². The zero-order valence-corrected chi connectivity index (χ0v) is 9.63.